The lowest BCUT2D eigenvalue weighted by molar-refractivity contribution is 0.255. The van der Waals surface area contributed by atoms with Gasteiger partial charge >= 0.3 is 0 Å². The Hall–Kier alpha value is -1.24. The highest BCUT2D eigenvalue weighted by Crippen LogP contribution is 2.20. The Morgan fingerprint density at radius 2 is 2.00 bits per heavy atom. The number of hydrogen-bond donors (Lipinski definition) is 1. The van der Waals surface area contributed by atoms with E-state index in [0.717, 1.165) is 49.2 Å². The maximum absolute atomic E-state index is 5.75. The smallest absolute Gasteiger partial charge is 0.247 e. The lowest BCUT2D eigenvalue weighted by atomic mass is 10.2. The molecule has 2 aromatic rings. The second-order valence-corrected chi connectivity index (χ2v) is 5.80. The van der Waals surface area contributed by atoms with Crippen LogP contribution in [-0.4, -0.2) is 41.3 Å². The van der Waals surface area contributed by atoms with Crippen LogP contribution in [0.4, 0.5) is 0 Å². The zero-order chi connectivity index (χ0) is 13.8. The molecule has 106 valence electrons. The van der Waals surface area contributed by atoms with Gasteiger partial charge in [0.15, 0.2) is 0 Å². The zero-order valence-corrected chi connectivity index (χ0v) is 12.8. The molecule has 3 rings (SSSR count). The minimum Gasteiger partial charge on any atom is -0.419 e. The summed E-state index contributed by atoms with van der Waals surface area (Å²) in [6.45, 7) is 4.93. The van der Waals surface area contributed by atoms with E-state index >= 15 is 0 Å². The van der Waals surface area contributed by atoms with E-state index < -0.39 is 0 Å². The van der Waals surface area contributed by atoms with Crippen LogP contribution in [0.5, 0.6) is 0 Å². The summed E-state index contributed by atoms with van der Waals surface area (Å²) < 4.78 is 6.79. The number of nitrogens with zero attached hydrogens (tertiary/aromatic N) is 3. The van der Waals surface area contributed by atoms with Crippen LogP contribution in [-0.2, 0) is 6.54 Å². The molecule has 0 radical (unpaired) electrons. The molecule has 1 aliphatic heterocycles. The van der Waals surface area contributed by atoms with Crippen molar-refractivity contribution in [2.75, 3.05) is 26.2 Å². The Morgan fingerprint density at radius 1 is 1.15 bits per heavy atom. The van der Waals surface area contributed by atoms with Gasteiger partial charge in [-0.05, 0) is 43.8 Å². The van der Waals surface area contributed by atoms with Gasteiger partial charge in [-0.1, -0.05) is 15.9 Å². The predicted octanol–water partition coefficient (Wildman–Crippen LogP) is 2.29. The minimum absolute atomic E-state index is 0.584. The topological polar surface area (TPSA) is 54.2 Å². The van der Waals surface area contributed by atoms with Gasteiger partial charge in [-0.2, -0.15) is 0 Å². The van der Waals surface area contributed by atoms with Gasteiger partial charge in [-0.3, -0.25) is 4.90 Å². The van der Waals surface area contributed by atoms with Crippen molar-refractivity contribution in [2.24, 2.45) is 0 Å². The second kappa shape index (κ2) is 6.47. The van der Waals surface area contributed by atoms with E-state index in [-0.39, 0.29) is 0 Å². The van der Waals surface area contributed by atoms with Crippen LogP contribution in [0.1, 0.15) is 12.3 Å². The molecule has 2 heterocycles. The van der Waals surface area contributed by atoms with Crippen molar-refractivity contribution in [2.45, 2.75) is 13.0 Å². The van der Waals surface area contributed by atoms with E-state index in [1.807, 2.05) is 24.3 Å². The van der Waals surface area contributed by atoms with E-state index in [0.29, 0.717) is 11.8 Å². The molecule has 0 aliphatic carbocycles. The average molecular weight is 337 g/mol. The number of benzene rings is 1. The number of rotatable bonds is 3. The van der Waals surface area contributed by atoms with Gasteiger partial charge in [0.1, 0.15) is 0 Å². The lowest BCUT2D eigenvalue weighted by Crippen LogP contribution is -2.27. The van der Waals surface area contributed by atoms with Gasteiger partial charge in [-0.25, -0.2) is 0 Å². The Bertz CT molecular complexity index is 547. The van der Waals surface area contributed by atoms with E-state index in [1.165, 1.54) is 0 Å². The van der Waals surface area contributed by atoms with Gasteiger partial charge in [0, 0.05) is 23.1 Å². The zero-order valence-electron chi connectivity index (χ0n) is 11.2. The normalized spacial score (nSPS) is 17.1. The highest BCUT2D eigenvalue weighted by Gasteiger charge is 2.14. The summed E-state index contributed by atoms with van der Waals surface area (Å²) in [5.74, 6) is 1.27. The molecule has 1 saturated heterocycles. The van der Waals surface area contributed by atoms with Crippen molar-refractivity contribution in [3.63, 3.8) is 0 Å². The molecule has 5 nitrogen and oxygen atoms in total. The van der Waals surface area contributed by atoms with Gasteiger partial charge in [0.2, 0.25) is 11.8 Å². The molecular weight excluding hydrogens is 320 g/mol. The molecule has 1 aromatic heterocycles. The summed E-state index contributed by atoms with van der Waals surface area (Å²) in [4.78, 5) is 2.35. The summed E-state index contributed by atoms with van der Waals surface area (Å²) in [5, 5.41) is 11.7. The number of nitrogens with one attached hydrogen (secondary N) is 1. The Labute approximate surface area is 126 Å². The summed E-state index contributed by atoms with van der Waals surface area (Å²) in [7, 11) is 0. The average Bonchev–Trinajstić information content (AvgIpc) is 2.76. The van der Waals surface area contributed by atoms with Crippen LogP contribution < -0.4 is 5.32 Å². The minimum atomic E-state index is 0.584. The highest BCUT2D eigenvalue weighted by molar-refractivity contribution is 9.10. The molecule has 6 heteroatoms. The van der Waals surface area contributed by atoms with Crippen LogP contribution >= 0.6 is 15.9 Å². The molecular formula is C14H17BrN4O. The van der Waals surface area contributed by atoms with Crippen LogP contribution in [0, 0.1) is 0 Å². The van der Waals surface area contributed by atoms with Crippen molar-refractivity contribution in [3.05, 3.63) is 34.6 Å². The monoisotopic (exact) mass is 336 g/mol. The standard InChI is InChI=1S/C14H17BrN4O/c15-12-4-2-11(3-5-12)14-18-17-13(20-14)10-19-8-1-6-16-7-9-19/h2-5,16H,1,6-10H2. The van der Waals surface area contributed by atoms with Crippen LogP contribution in [0.2, 0.25) is 0 Å². The van der Waals surface area contributed by atoms with Crippen LogP contribution in [0.15, 0.2) is 33.2 Å². The molecule has 0 bridgehead atoms. The second-order valence-electron chi connectivity index (χ2n) is 4.89. The first-order valence-corrected chi connectivity index (χ1v) is 7.62. The fourth-order valence-electron chi connectivity index (χ4n) is 2.28. The number of hydrogen-bond acceptors (Lipinski definition) is 5. The Balaban J connectivity index is 1.68. The van der Waals surface area contributed by atoms with Gasteiger partial charge in [0.05, 0.1) is 6.54 Å². The van der Waals surface area contributed by atoms with Crippen molar-refractivity contribution < 1.29 is 4.42 Å². The summed E-state index contributed by atoms with van der Waals surface area (Å²) in [5.41, 5.74) is 0.949. The molecule has 1 aliphatic rings. The number of aromatic nitrogens is 2. The third-order valence-corrected chi connectivity index (χ3v) is 3.88. The molecule has 1 fully saturated rings. The molecule has 0 unspecified atom stereocenters. The van der Waals surface area contributed by atoms with Gasteiger partial charge in [-0.15, -0.1) is 10.2 Å². The van der Waals surface area contributed by atoms with Crippen molar-refractivity contribution in [1.29, 1.82) is 0 Å². The van der Waals surface area contributed by atoms with Crippen LogP contribution in [0.25, 0.3) is 11.5 Å². The summed E-state index contributed by atoms with van der Waals surface area (Å²) in [6.07, 6.45) is 1.16. The molecule has 20 heavy (non-hydrogen) atoms. The highest BCUT2D eigenvalue weighted by atomic mass is 79.9. The molecule has 0 amide bonds. The molecule has 1 N–H and O–H groups in total. The molecule has 0 spiro atoms. The first-order valence-electron chi connectivity index (χ1n) is 6.83. The Morgan fingerprint density at radius 3 is 2.85 bits per heavy atom. The fraction of sp³-hybridized carbons (Fsp3) is 0.429. The maximum atomic E-state index is 5.75. The predicted molar refractivity (Wildman–Crippen MR) is 80.2 cm³/mol. The van der Waals surface area contributed by atoms with Crippen molar-refractivity contribution in [1.82, 2.24) is 20.4 Å². The van der Waals surface area contributed by atoms with E-state index in [2.05, 4.69) is 36.3 Å². The van der Waals surface area contributed by atoms with Crippen LogP contribution in [0.3, 0.4) is 0 Å². The molecule has 1 aromatic carbocycles. The van der Waals surface area contributed by atoms with Crippen molar-refractivity contribution in [3.8, 4) is 11.5 Å². The first-order chi connectivity index (χ1) is 9.81. The van der Waals surface area contributed by atoms with E-state index in [4.69, 9.17) is 4.42 Å². The Kier molecular flexibility index (Phi) is 4.44. The maximum Gasteiger partial charge on any atom is 0.247 e. The fourth-order valence-corrected chi connectivity index (χ4v) is 2.54. The van der Waals surface area contributed by atoms with Gasteiger partial charge in [0.25, 0.3) is 0 Å². The molecule has 0 atom stereocenters. The number of halogens is 1. The summed E-state index contributed by atoms with van der Waals surface area (Å²) >= 11 is 3.42. The lowest BCUT2D eigenvalue weighted by Gasteiger charge is -2.16. The van der Waals surface area contributed by atoms with E-state index in [1.54, 1.807) is 0 Å². The first kappa shape index (κ1) is 13.7. The third kappa shape index (κ3) is 3.45. The van der Waals surface area contributed by atoms with Gasteiger partial charge < -0.3 is 9.73 Å². The largest absolute Gasteiger partial charge is 0.419 e. The molecule has 0 saturated carbocycles. The summed E-state index contributed by atoms with van der Waals surface area (Å²) in [6, 6.07) is 7.88. The van der Waals surface area contributed by atoms with E-state index in [9.17, 15) is 0 Å². The SMILES string of the molecule is Brc1ccc(-c2nnc(CN3CCCNCC3)o2)cc1. The third-order valence-electron chi connectivity index (χ3n) is 3.35. The van der Waals surface area contributed by atoms with Crippen molar-refractivity contribution >= 4 is 15.9 Å². The quantitative estimate of drug-likeness (QED) is 0.931.